The molecular formula is C10H17N3S. The molecule has 0 amide bonds. The summed E-state index contributed by atoms with van der Waals surface area (Å²) in [6, 6.07) is 2.22. The standard InChI is InChI=1S/C10H17N3S/c1-7-5-9(8(2)14-7)6-13-10(11-3)12-4/h5H,6H2,1-4H3,(H2,11,12,13). The molecular weight excluding hydrogens is 194 g/mol. The number of rotatable bonds is 2. The van der Waals surface area contributed by atoms with E-state index >= 15 is 0 Å². The van der Waals surface area contributed by atoms with Crippen LogP contribution in [0.4, 0.5) is 0 Å². The number of aryl methyl sites for hydroxylation is 2. The minimum atomic E-state index is 0.827. The SMILES string of the molecule is CN=C(NC)NCc1cc(C)sc1C. The van der Waals surface area contributed by atoms with E-state index in [0.717, 1.165) is 12.5 Å². The van der Waals surface area contributed by atoms with Crippen molar-refractivity contribution < 1.29 is 0 Å². The molecule has 4 heteroatoms. The highest BCUT2D eigenvalue weighted by Gasteiger charge is 2.02. The molecule has 0 aromatic carbocycles. The van der Waals surface area contributed by atoms with Gasteiger partial charge in [-0.3, -0.25) is 4.99 Å². The minimum Gasteiger partial charge on any atom is -0.359 e. The maximum Gasteiger partial charge on any atom is 0.190 e. The highest BCUT2D eigenvalue weighted by molar-refractivity contribution is 7.12. The molecule has 3 nitrogen and oxygen atoms in total. The van der Waals surface area contributed by atoms with Gasteiger partial charge in [0.05, 0.1) is 0 Å². The normalized spacial score (nSPS) is 11.6. The Morgan fingerprint density at radius 2 is 2.21 bits per heavy atom. The van der Waals surface area contributed by atoms with Crippen LogP contribution in [-0.4, -0.2) is 20.1 Å². The van der Waals surface area contributed by atoms with E-state index in [2.05, 4.69) is 35.5 Å². The van der Waals surface area contributed by atoms with Crippen molar-refractivity contribution in [3.63, 3.8) is 0 Å². The van der Waals surface area contributed by atoms with Crippen molar-refractivity contribution in [3.05, 3.63) is 21.4 Å². The van der Waals surface area contributed by atoms with Crippen LogP contribution >= 0.6 is 11.3 Å². The number of guanidine groups is 1. The average molecular weight is 211 g/mol. The molecule has 0 atom stereocenters. The Kier molecular flexibility index (Phi) is 3.95. The summed E-state index contributed by atoms with van der Waals surface area (Å²) in [5.74, 6) is 0.827. The molecule has 0 aliphatic rings. The van der Waals surface area contributed by atoms with Crippen LogP contribution in [0, 0.1) is 13.8 Å². The fourth-order valence-corrected chi connectivity index (χ4v) is 2.26. The smallest absolute Gasteiger partial charge is 0.190 e. The van der Waals surface area contributed by atoms with Gasteiger partial charge in [0, 0.05) is 30.4 Å². The number of hydrogen-bond donors (Lipinski definition) is 2. The number of thiophene rings is 1. The molecule has 2 N–H and O–H groups in total. The Morgan fingerprint density at radius 3 is 2.64 bits per heavy atom. The lowest BCUT2D eigenvalue weighted by molar-refractivity contribution is 0.864. The molecule has 14 heavy (non-hydrogen) atoms. The first-order chi connectivity index (χ1) is 6.67. The van der Waals surface area contributed by atoms with E-state index in [4.69, 9.17) is 0 Å². The van der Waals surface area contributed by atoms with Gasteiger partial charge in [0.1, 0.15) is 0 Å². The summed E-state index contributed by atoms with van der Waals surface area (Å²) in [5, 5.41) is 6.23. The molecule has 78 valence electrons. The van der Waals surface area contributed by atoms with E-state index in [-0.39, 0.29) is 0 Å². The molecule has 0 unspecified atom stereocenters. The Balaban J connectivity index is 2.57. The van der Waals surface area contributed by atoms with Crippen molar-refractivity contribution in [1.29, 1.82) is 0 Å². The third-order valence-electron chi connectivity index (χ3n) is 2.05. The van der Waals surface area contributed by atoms with Crippen molar-refractivity contribution in [2.45, 2.75) is 20.4 Å². The second-order valence-corrected chi connectivity index (χ2v) is 4.57. The summed E-state index contributed by atoms with van der Waals surface area (Å²) in [6.07, 6.45) is 0. The van der Waals surface area contributed by atoms with Gasteiger partial charge in [0.25, 0.3) is 0 Å². The molecule has 0 aliphatic heterocycles. The molecule has 0 bridgehead atoms. The highest BCUT2D eigenvalue weighted by Crippen LogP contribution is 2.19. The number of aliphatic imine (C=N–C) groups is 1. The van der Waals surface area contributed by atoms with E-state index in [1.165, 1.54) is 15.3 Å². The van der Waals surface area contributed by atoms with E-state index in [1.54, 1.807) is 7.05 Å². The predicted molar refractivity (Wildman–Crippen MR) is 63.1 cm³/mol. The predicted octanol–water partition coefficient (Wildman–Crippen LogP) is 1.66. The quantitative estimate of drug-likeness (QED) is 0.576. The van der Waals surface area contributed by atoms with Gasteiger partial charge in [-0.1, -0.05) is 0 Å². The van der Waals surface area contributed by atoms with Gasteiger partial charge in [-0.05, 0) is 25.5 Å². The molecule has 1 aromatic rings. The lowest BCUT2D eigenvalue weighted by Crippen LogP contribution is -2.34. The molecule has 1 rings (SSSR count). The van der Waals surface area contributed by atoms with Gasteiger partial charge in [-0.15, -0.1) is 11.3 Å². The topological polar surface area (TPSA) is 36.4 Å². The Hall–Kier alpha value is -1.03. The third-order valence-corrected chi connectivity index (χ3v) is 3.06. The Morgan fingerprint density at radius 1 is 1.50 bits per heavy atom. The summed E-state index contributed by atoms with van der Waals surface area (Å²) in [6.45, 7) is 5.12. The van der Waals surface area contributed by atoms with Crippen molar-refractivity contribution in [3.8, 4) is 0 Å². The molecule has 1 heterocycles. The second kappa shape index (κ2) is 5.00. The molecule has 0 saturated heterocycles. The van der Waals surface area contributed by atoms with Crippen LogP contribution in [0.25, 0.3) is 0 Å². The van der Waals surface area contributed by atoms with E-state index < -0.39 is 0 Å². The van der Waals surface area contributed by atoms with Gasteiger partial charge >= 0.3 is 0 Å². The van der Waals surface area contributed by atoms with Crippen molar-refractivity contribution in [1.82, 2.24) is 10.6 Å². The second-order valence-electron chi connectivity index (χ2n) is 3.11. The van der Waals surface area contributed by atoms with Gasteiger partial charge in [0.15, 0.2) is 5.96 Å². The zero-order chi connectivity index (χ0) is 10.6. The number of nitrogens with zero attached hydrogens (tertiary/aromatic N) is 1. The monoisotopic (exact) mass is 211 g/mol. The molecule has 0 aliphatic carbocycles. The highest BCUT2D eigenvalue weighted by atomic mass is 32.1. The van der Waals surface area contributed by atoms with Crippen LogP contribution in [0.3, 0.4) is 0 Å². The van der Waals surface area contributed by atoms with E-state index in [0.29, 0.717) is 0 Å². The van der Waals surface area contributed by atoms with E-state index in [9.17, 15) is 0 Å². The molecule has 1 aromatic heterocycles. The molecule has 0 radical (unpaired) electrons. The first-order valence-corrected chi connectivity index (χ1v) is 5.43. The Bertz CT molecular complexity index is 328. The zero-order valence-electron chi connectivity index (χ0n) is 9.14. The first kappa shape index (κ1) is 11.0. The summed E-state index contributed by atoms with van der Waals surface area (Å²) in [4.78, 5) is 6.79. The Labute approximate surface area is 89.3 Å². The van der Waals surface area contributed by atoms with Crippen LogP contribution in [0.2, 0.25) is 0 Å². The lowest BCUT2D eigenvalue weighted by atomic mass is 10.2. The van der Waals surface area contributed by atoms with Crippen molar-refractivity contribution in [2.24, 2.45) is 4.99 Å². The summed E-state index contributed by atoms with van der Waals surface area (Å²) < 4.78 is 0. The summed E-state index contributed by atoms with van der Waals surface area (Å²) in [5.41, 5.74) is 1.35. The van der Waals surface area contributed by atoms with Gasteiger partial charge < -0.3 is 10.6 Å². The van der Waals surface area contributed by atoms with Crippen LogP contribution < -0.4 is 10.6 Å². The minimum absolute atomic E-state index is 0.827. The summed E-state index contributed by atoms with van der Waals surface area (Å²) >= 11 is 1.84. The average Bonchev–Trinajstić information content (AvgIpc) is 2.47. The third kappa shape index (κ3) is 2.73. The van der Waals surface area contributed by atoms with Crippen LogP contribution in [0.1, 0.15) is 15.3 Å². The van der Waals surface area contributed by atoms with Gasteiger partial charge in [-0.2, -0.15) is 0 Å². The summed E-state index contributed by atoms with van der Waals surface area (Å²) in [7, 11) is 3.63. The molecule has 0 spiro atoms. The first-order valence-electron chi connectivity index (χ1n) is 4.61. The zero-order valence-corrected chi connectivity index (χ0v) is 9.96. The van der Waals surface area contributed by atoms with E-state index in [1.807, 2.05) is 18.4 Å². The van der Waals surface area contributed by atoms with Crippen LogP contribution in [-0.2, 0) is 6.54 Å². The molecule has 0 fully saturated rings. The fraction of sp³-hybridized carbons (Fsp3) is 0.500. The van der Waals surface area contributed by atoms with Crippen LogP contribution in [0.5, 0.6) is 0 Å². The van der Waals surface area contributed by atoms with Gasteiger partial charge in [0.2, 0.25) is 0 Å². The number of hydrogen-bond acceptors (Lipinski definition) is 2. The largest absolute Gasteiger partial charge is 0.359 e. The maximum atomic E-state index is 4.06. The molecule has 0 saturated carbocycles. The lowest BCUT2D eigenvalue weighted by Gasteiger charge is -2.07. The van der Waals surface area contributed by atoms with Gasteiger partial charge in [-0.25, -0.2) is 0 Å². The fourth-order valence-electron chi connectivity index (χ4n) is 1.32. The van der Waals surface area contributed by atoms with Crippen molar-refractivity contribution in [2.75, 3.05) is 14.1 Å². The van der Waals surface area contributed by atoms with Crippen LogP contribution in [0.15, 0.2) is 11.1 Å². The van der Waals surface area contributed by atoms with Crippen molar-refractivity contribution >= 4 is 17.3 Å². The number of nitrogens with one attached hydrogen (secondary N) is 2. The maximum absolute atomic E-state index is 4.06.